The molecule has 84 valence electrons. The highest BCUT2D eigenvalue weighted by Crippen LogP contribution is 2.11. The Balaban J connectivity index is 3.02. The van der Waals surface area contributed by atoms with Crippen molar-refractivity contribution < 1.29 is 13.6 Å². The van der Waals surface area contributed by atoms with Gasteiger partial charge >= 0.3 is 0 Å². The summed E-state index contributed by atoms with van der Waals surface area (Å²) in [6.07, 6.45) is 1.27. The van der Waals surface area contributed by atoms with Gasteiger partial charge in [0.15, 0.2) is 0 Å². The van der Waals surface area contributed by atoms with Crippen LogP contribution in [-0.2, 0) is 0 Å². The summed E-state index contributed by atoms with van der Waals surface area (Å²) in [4.78, 5) is 15.1. The highest BCUT2D eigenvalue weighted by atomic mass is 19.1. The van der Waals surface area contributed by atoms with E-state index in [0.717, 1.165) is 12.1 Å². The number of hydrogen-bond donors (Lipinski definition) is 1. The first-order chi connectivity index (χ1) is 7.60. The van der Waals surface area contributed by atoms with Crippen LogP contribution in [-0.4, -0.2) is 18.8 Å². The van der Waals surface area contributed by atoms with Crippen LogP contribution >= 0.6 is 0 Å². The second kappa shape index (κ2) is 5.16. The smallest absolute Gasteiger partial charge is 0.262 e. The molecule has 0 aromatic heterocycles. The van der Waals surface area contributed by atoms with E-state index in [9.17, 15) is 13.6 Å². The van der Waals surface area contributed by atoms with Crippen molar-refractivity contribution in [3.63, 3.8) is 0 Å². The number of aliphatic imine (C=N–C) groups is 1. The maximum atomic E-state index is 13.2. The number of benzene rings is 1. The second-order valence-corrected chi connectivity index (χ2v) is 2.86. The zero-order valence-corrected chi connectivity index (χ0v) is 8.63. The van der Waals surface area contributed by atoms with Gasteiger partial charge in [0.1, 0.15) is 23.0 Å². The molecular formula is C11H10F2N2O. The Bertz CT molecular complexity index is 435. The minimum absolute atomic E-state index is 0.146. The molecular weight excluding hydrogens is 214 g/mol. The number of nitrogens with zero attached hydrogens (tertiary/aromatic N) is 1. The van der Waals surface area contributed by atoms with Gasteiger partial charge in [0.25, 0.3) is 5.91 Å². The Morgan fingerprint density at radius 2 is 2.00 bits per heavy atom. The van der Waals surface area contributed by atoms with Crippen molar-refractivity contribution in [2.75, 3.05) is 7.05 Å². The zero-order valence-electron chi connectivity index (χ0n) is 8.63. The molecule has 0 aliphatic carbocycles. The summed E-state index contributed by atoms with van der Waals surface area (Å²) in [5.74, 6) is -2.59. The van der Waals surface area contributed by atoms with Gasteiger partial charge in [-0.1, -0.05) is 12.6 Å². The first kappa shape index (κ1) is 12.0. The number of hydrogen-bond acceptors (Lipinski definition) is 2. The fraction of sp³-hybridized carbons (Fsp3) is 0.0909. The molecule has 0 aliphatic heterocycles. The quantitative estimate of drug-likeness (QED) is 0.605. The van der Waals surface area contributed by atoms with E-state index >= 15 is 0 Å². The largest absolute Gasteiger partial charge is 0.307 e. The normalized spacial score (nSPS) is 11.1. The van der Waals surface area contributed by atoms with E-state index in [-0.39, 0.29) is 5.84 Å². The van der Waals surface area contributed by atoms with Crippen LogP contribution in [0.15, 0.2) is 35.8 Å². The van der Waals surface area contributed by atoms with E-state index in [0.29, 0.717) is 0 Å². The van der Waals surface area contributed by atoms with Gasteiger partial charge in [0, 0.05) is 7.05 Å². The molecule has 0 aliphatic rings. The summed E-state index contributed by atoms with van der Waals surface area (Å²) in [6.45, 7) is 3.39. The molecule has 3 nitrogen and oxygen atoms in total. The van der Waals surface area contributed by atoms with Gasteiger partial charge < -0.3 is 5.32 Å². The van der Waals surface area contributed by atoms with Gasteiger partial charge in [0.2, 0.25) is 0 Å². The van der Waals surface area contributed by atoms with Gasteiger partial charge in [-0.25, -0.2) is 8.78 Å². The van der Waals surface area contributed by atoms with Crippen LogP contribution in [0.3, 0.4) is 0 Å². The Morgan fingerprint density at radius 3 is 2.44 bits per heavy atom. The van der Waals surface area contributed by atoms with Crippen LogP contribution in [0.4, 0.5) is 8.78 Å². The molecule has 1 aromatic rings. The highest BCUT2D eigenvalue weighted by molar-refractivity contribution is 6.10. The average molecular weight is 224 g/mol. The molecule has 1 N–H and O–H groups in total. The molecule has 0 bridgehead atoms. The van der Waals surface area contributed by atoms with E-state index in [1.807, 2.05) is 0 Å². The molecule has 1 rings (SSSR count). The summed E-state index contributed by atoms with van der Waals surface area (Å²) in [6, 6.07) is 3.20. The van der Waals surface area contributed by atoms with Crippen LogP contribution in [0.25, 0.3) is 0 Å². The molecule has 0 fully saturated rings. The summed E-state index contributed by atoms with van der Waals surface area (Å²) in [5.41, 5.74) is -0.634. The van der Waals surface area contributed by atoms with Gasteiger partial charge in [-0.2, -0.15) is 0 Å². The maximum Gasteiger partial charge on any atom is 0.262 e. The van der Waals surface area contributed by atoms with Gasteiger partial charge in [-0.15, -0.1) is 0 Å². The number of carbonyl (C=O) groups excluding carboxylic acids is 1. The number of rotatable bonds is 2. The average Bonchev–Trinajstić information content (AvgIpc) is 2.25. The molecule has 0 radical (unpaired) electrons. The van der Waals surface area contributed by atoms with Crippen molar-refractivity contribution in [1.29, 1.82) is 0 Å². The predicted molar refractivity (Wildman–Crippen MR) is 57.4 cm³/mol. The number of amidine groups is 1. The van der Waals surface area contributed by atoms with Crippen molar-refractivity contribution in [2.24, 2.45) is 4.99 Å². The molecule has 16 heavy (non-hydrogen) atoms. The third-order valence-electron chi connectivity index (χ3n) is 1.87. The van der Waals surface area contributed by atoms with E-state index in [2.05, 4.69) is 16.9 Å². The molecule has 0 saturated carbocycles. The summed E-state index contributed by atoms with van der Waals surface area (Å²) >= 11 is 0. The third-order valence-corrected chi connectivity index (χ3v) is 1.87. The molecule has 0 spiro atoms. The second-order valence-electron chi connectivity index (χ2n) is 2.86. The van der Waals surface area contributed by atoms with Crippen molar-refractivity contribution in [3.8, 4) is 0 Å². The van der Waals surface area contributed by atoms with Crippen molar-refractivity contribution in [1.82, 2.24) is 5.32 Å². The third kappa shape index (κ3) is 2.50. The molecule has 5 heteroatoms. The molecule has 0 atom stereocenters. The summed E-state index contributed by atoms with van der Waals surface area (Å²) in [5, 5.41) is 2.23. The maximum absolute atomic E-state index is 13.2. The number of amides is 1. The lowest BCUT2D eigenvalue weighted by Gasteiger charge is -2.06. The SMILES string of the molecule is C=CC(=NC)NC(=O)c1c(F)cccc1F. The minimum Gasteiger partial charge on any atom is -0.307 e. The monoisotopic (exact) mass is 224 g/mol. The number of halogens is 2. The van der Waals surface area contributed by atoms with E-state index in [4.69, 9.17) is 0 Å². The lowest BCUT2D eigenvalue weighted by atomic mass is 10.2. The Kier molecular flexibility index (Phi) is 3.88. The zero-order chi connectivity index (χ0) is 12.1. The van der Waals surface area contributed by atoms with Crippen LogP contribution in [0, 0.1) is 11.6 Å². The Morgan fingerprint density at radius 1 is 1.44 bits per heavy atom. The fourth-order valence-corrected chi connectivity index (χ4v) is 1.09. The lowest BCUT2D eigenvalue weighted by molar-refractivity contribution is 0.0969. The summed E-state index contributed by atoms with van der Waals surface area (Å²) in [7, 11) is 1.43. The molecule has 0 unspecified atom stereocenters. The Labute approximate surface area is 91.5 Å². The fourth-order valence-electron chi connectivity index (χ4n) is 1.09. The van der Waals surface area contributed by atoms with Gasteiger partial charge in [0.05, 0.1) is 0 Å². The van der Waals surface area contributed by atoms with E-state index in [1.54, 1.807) is 0 Å². The molecule has 1 aromatic carbocycles. The number of nitrogens with one attached hydrogen (secondary N) is 1. The molecule has 0 saturated heterocycles. The van der Waals surface area contributed by atoms with Crippen molar-refractivity contribution in [2.45, 2.75) is 0 Å². The van der Waals surface area contributed by atoms with Crippen molar-refractivity contribution in [3.05, 3.63) is 48.1 Å². The minimum atomic E-state index is -0.919. The van der Waals surface area contributed by atoms with Crippen molar-refractivity contribution >= 4 is 11.7 Å². The van der Waals surface area contributed by atoms with E-state index in [1.165, 1.54) is 19.2 Å². The molecule has 1 amide bonds. The van der Waals surface area contributed by atoms with Gasteiger partial charge in [-0.3, -0.25) is 9.79 Å². The topological polar surface area (TPSA) is 41.5 Å². The lowest BCUT2D eigenvalue weighted by Crippen LogP contribution is -2.30. The van der Waals surface area contributed by atoms with Crippen LogP contribution in [0.1, 0.15) is 10.4 Å². The summed E-state index contributed by atoms with van der Waals surface area (Å²) < 4.78 is 26.4. The van der Waals surface area contributed by atoms with Crippen LogP contribution < -0.4 is 5.32 Å². The van der Waals surface area contributed by atoms with E-state index < -0.39 is 23.1 Å². The van der Waals surface area contributed by atoms with Gasteiger partial charge in [-0.05, 0) is 18.2 Å². The Hall–Kier alpha value is -2.04. The van der Waals surface area contributed by atoms with Crippen LogP contribution in [0.5, 0.6) is 0 Å². The predicted octanol–water partition coefficient (Wildman–Crippen LogP) is 1.91. The highest BCUT2D eigenvalue weighted by Gasteiger charge is 2.17. The first-order valence-electron chi connectivity index (χ1n) is 4.44. The van der Waals surface area contributed by atoms with Crippen LogP contribution in [0.2, 0.25) is 0 Å². The number of carbonyl (C=O) groups is 1. The standard InChI is InChI=1S/C11H10F2N2O/c1-3-9(14-2)15-11(16)10-7(12)5-4-6-8(10)13/h3-6H,1H2,2H3,(H,14,15,16). The molecule has 0 heterocycles. The first-order valence-corrected chi connectivity index (χ1v) is 4.44.